The lowest BCUT2D eigenvalue weighted by atomic mass is 10.4. The van der Waals surface area contributed by atoms with E-state index >= 15 is 0 Å². The normalized spacial score (nSPS) is 31.0. The summed E-state index contributed by atoms with van der Waals surface area (Å²) in [6.07, 6.45) is 4.01. The van der Waals surface area contributed by atoms with Crippen molar-refractivity contribution in [2.24, 2.45) is 5.16 Å². The molecule has 1 aliphatic rings. The Morgan fingerprint density at radius 1 is 1.70 bits per heavy atom. The maximum absolute atomic E-state index is 4.96. The molecule has 0 aromatic carbocycles. The van der Waals surface area contributed by atoms with Gasteiger partial charge in [0, 0.05) is 6.21 Å². The minimum atomic E-state index is -0.0758. The fraction of sp³-hybridized carbons (Fsp3) is 0.857. The van der Waals surface area contributed by atoms with Gasteiger partial charge in [-0.25, -0.2) is 0 Å². The Hall–Kier alpha value is -0.570. The molecule has 2 unspecified atom stereocenters. The number of rotatable bonds is 4. The highest BCUT2D eigenvalue weighted by molar-refractivity contribution is 5.55. The Labute approximate surface area is 61.0 Å². The van der Waals surface area contributed by atoms with E-state index in [1.165, 1.54) is 0 Å². The zero-order chi connectivity index (χ0) is 7.40. The van der Waals surface area contributed by atoms with Crippen LogP contribution < -0.4 is 0 Å². The number of nitrogens with zero attached hydrogens (tertiary/aromatic N) is 1. The molecule has 1 aliphatic heterocycles. The first-order chi connectivity index (χ1) is 4.84. The van der Waals surface area contributed by atoms with Gasteiger partial charge in [0.25, 0.3) is 6.29 Å². The maximum atomic E-state index is 4.96. The molecule has 0 amide bonds. The molecule has 10 heavy (non-hydrogen) atoms. The van der Waals surface area contributed by atoms with Gasteiger partial charge in [0.05, 0.1) is 0 Å². The van der Waals surface area contributed by atoms with Gasteiger partial charge in [0.1, 0.15) is 6.10 Å². The largest absolute Gasteiger partial charge is 0.361 e. The SMILES string of the molecule is CCCC=NOC1OC1C. The molecule has 0 spiro atoms. The third kappa shape index (κ3) is 2.35. The van der Waals surface area contributed by atoms with E-state index in [0.29, 0.717) is 0 Å². The van der Waals surface area contributed by atoms with Gasteiger partial charge in [-0.15, -0.1) is 0 Å². The molecule has 0 aromatic rings. The number of unbranched alkanes of at least 4 members (excludes halogenated alkanes) is 1. The smallest absolute Gasteiger partial charge is 0.253 e. The minimum absolute atomic E-state index is 0.0758. The quantitative estimate of drug-likeness (QED) is 0.340. The van der Waals surface area contributed by atoms with Crippen molar-refractivity contribution >= 4 is 6.21 Å². The number of oxime groups is 1. The highest BCUT2D eigenvalue weighted by atomic mass is 16.8. The van der Waals surface area contributed by atoms with E-state index in [9.17, 15) is 0 Å². The first kappa shape index (κ1) is 7.54. The number of epoxide rings is 1. The molecular weight excluding hydrogens is 130 g/mol. The second-order valence-corrected chi connectivity index (χ2v) is 2.39. The van der Waals surface area contributed by atoms with E-state index in [2.05, 4.69) is 12.1 Å². The van der Waals surface area contributed by atoms with Crippen LogP contribution >= 0.6 is 0 Å². The summed E-state index contributed by atoms with van der Waals surface area (Å²) in [6, 6.07) is 0. The van der Waals surface area contributed by atoms with Gasteiger partial charge < -0.3 is 9.57 Å². The second kappa shape index (κ2) is 3.56. The molecule has 0 radical (unpaired) electrons. The summed E-state index contributed by atoms with van der Waals surface area (Å²) >= 11 is 0. The van der Waals surface area contributed by atoms with Gasteiger partial charge in [-0.2, -0.15) is 0 Å². The van der Waals surface area contributed by atoms with E-state index in [4.69, 9.17) is 9.57 Å². The maximum Gasteiger partial charge on any atom is 0.253 e. The van der Waals surface area contributed by atoms with Crippen LogP contribution in [0.25, 0.3) is 0 Å². The Kier molecular flexibility index (Phi) is 2.68. The molecule has 58 valence electrons. The van der Waals surface area contributed by atoms with Gasteiger partial charge in [-0.1, -0.05) is 18.5 Å². The molecular formula is C7H13NO2. The predicted molar refractivity (Wildman–Crippen MR) is 38.8 cm³/mol. The van der Waals surface area contributed by atoms with Crippen LogP contribution in [-0.4, -0.2) is 18.6 Å². The Bertz CT molecular complexity index is 125. The number of hydrogen-bond acceptors (Lipinski definition) is 3. The molecule has 1 fully saturated rings. The monoisotopic (exact) mass is 143 g/mol. The topological polar surface area (TPSA) is 34.1 Å². The van der Waals surface area contributed by atoms with Crippen molar-refractivity contribution in [1.82, 2.24) is 0 Å². The second-order valence-electron chi connectivity index (χ2n) is 2.39. The molecule has 0 saturated carbocycles. The summed E-state index contributed by atoms with van der Waals surface area (Å²) < 4.78 is 4.96. The highest BCUT2D eigenvalue weighted by Crippen LogP contribution is 2.21. The third-order valence-corrected chi connectivity index (χ3v) is 1.31. The third-order valence-electron chi connectivity index (χ3n) is 1.31. The predicted octanol–water partition coefficient (Wildman–Crippen LogP) is 1.53. The molecule has 1 saturated heterocycles. The van der Waals surface area contributed by atoms with Crippen LogP contribution in [-0.2, 0) is 9.57 Å². The molecule has 2 atom stereocenters. The van der Waals surface area contributed by atoms with Crippen molar-refractivity contribution in [1.29, 1.82) is 0 Å². The van der Waals surface area contributed by atoms with Crippen LogP contribution in [0.2, 0.25) is 0 Å². The molecule has 0 aromatic heterocycles. The standard InChI is InChI=1S/C7H13NO2/c1-3-4-5-8-10-7-6(2)9-7/h5-7H,3-4H2,1-2H3. The van der Waals surface area contributed by atoms with Crippen molar-refractivity contribution in [2.75, 3.05) is 0 Å². The Morgan fingerprint density at radius 3 is 2.90 bits per heavy atom. The molecule has 0 bridgehead atoms. The van der Waals surface area contributed by atoms with Gasteiger partial charge in [-0.05, 0) is 13.3 Å². The first-order valence-electron chi connectivity index (χ1n) is 3.67. The van der Waals surface area contributed by atoms with Crippen LogP contribution in [0.3, 0.4) is 0 Å². The Balaban J connectivity index is 1.94. The fourth-order valence-corrected chi connectivity index (χ4v) is 0.562. The van der Waals surface area contributed by atoms with E-state index in [1.54, 1.807) is 6.21 Å². The lowest BCUT2D eigenvalue weighted by Gasteiger charge is -1.88. The molecule has 3 nitrogen and oxygen atoms in total. The van der Waals surface area contributed by atoms with Gasteiger partial charge in [0.2, 0.25) is 0 Å². The van der Waals surface area contributed by atoms with E-state index in [1.807, 2.05) is 6.92 Å². The van der Waals surface area contributed by atoms with E-state index < -0.39 is 0 Å². The zero-order valence-electron chi connectivity index (χ0n) is 6.41. The first-order valence-corrected chi connectivity index (χ1v) is 3.67. The number of hydrogen-bond donors (Lipinski definition) is 0. The van der Waals surface area contributed by atoms with Crippen molar-refractivity contribution in [3.05, 3.63) is 0 Å². The fourth-order valence-electron chi connectivity index (χ4n) is 0.562. The van der Waals surface area contributed by atoms with Crippen LogP contribution in [0, 0.1) is 0 Å². The zero-order valence-corrected chi connectivity index (χ0v) is 6.41. The minimum Gasteiger partial charge on any atom is -0.361 e. The molecule has 1 heterocycles. The Morgan fingerprint density at radius 2 is 2.40 bits per heavy atom. The summed E-state index contributed by atoms with van der Waals surface area (Å²) in [5, 5.41) is 3.72. The molecule has 0 N–H and O–H groups in total. The lowest BCUT2D eigenvalue weighted by molar-refractivity contribution is 0.0562. The number of ether oxygens (including phenoxy) is 1. The van der Waals surface area contributed by atoms with Crippen molar-refractivity contribution in [3.63, 3.8) is 0 Å². The lowest BCUT2D eigenvalue weighted by Crippen LogP contribution is -1.90. The van der Waals surface area contributed by atoms with Gasteiger partial charge in [0.15, 0.2) is 0 Å². The van der Waals surface area contributed by atoms with Crippen LogP contribution in [0.1, 0.15) is 26.7 Å². The molecule has 0 aliphatic carbocycles. The van der Waals surface area contributed by atoms with Crippen LogP contribution in [0.15, 0.2) is 5.16 Å². The summed E-state index contributed by atoms with van der Waals surface area (Å²) in [5.74, 6) is 0. The van der Waals surface area contributed by atoms with E-state index in [0.717, 1.165) is 12.8 Å². The average Bonchev–Trinajstić information content (AvgIpc) is 2.60. The van der Waals surface area contributed by atoms with Crippen molar-refractivity contribution < 1.29 is 9.57 Å². The summed E-state index contributed by atoms with van der Waals surface area (Å²) in [6.45, 7) is 4.06. The van der Waals surface area contributed by atoms with Crippen molar-refractivity contribution in [3.8, 4) is 0 Å². The average molecular weight is 143 g/mol. The van der Waals surface area contributed by atoms with Crippen molar-refractivity contribution in [2.45, 2.75) is 39.1 Å². The summed E-state index contributed by atoms with van der Waals surface area (Å²) in [7, 11) is 0. The van der Waals surface area contributed by atoms with Gasteiger partial charge >= 0.3 is 0 Å². The van der Waals surface area contributed by atoms with Crippen LogP contribution in [0.4, 0.5) is 0 Å². The molecule has 1 rings (SSSR count). The van der Waals surface area contributed by atoms with E-state index in [-0.39, 0.29) is 12.4 Å². The highest BCUT2D eigenvalue weighted by Gasteiger charge is 2.36. The van der Waals surface area contributed by atoms with Gasteiger partial charge in [-0.3, -0.25) is 0 Å². The molecule has 3 heteroatoms. The summed E-state index contributed by atoms with van der Waals surface area (Å²) in [4.78, 5) is 4.91. The van der Waals surface area contributed by atoms with Crippen LogP contribution in [0.5, 0.6) is 0 Å². The summed E-state index contributed by atoms with van der Waals surface area (Å²) in [5.41, 5.74) is 0.